The first-order valence-electron chi connectivity index (χ1n) is 4.19. The molecule has 0 heterocycles. The number of rotatable bonds is 5. The van der Waals surface area contributed by atoms with E-state index < -0.39 is 18.0 Å². The maximum absolute atomic E-state index is 10.9. The summed E-state index contributed by atoms with van der Waals surface area (Å²) in [5.74, 6) is -1.06. The number of hydrogen-bond acceptors (Lipinski definition) is 5. The molecule has 0 spiro atoms. The minimum Gasteiger partial charge on any atom is -0.466 e. The van der Waals surface area contributed by atoms with Crippen LogP contribution >= 0.6 is 12.4 Å². The number of carbonyl (C=O) groups is 2. The topological polar surface area (TPSA) is 78.6 Å². The number of ether oxygens (including phenoxy) is 2. The van der Waals surface area contributed by atoms with Crippen molar-refractivity contribution in [1.29, 1.82) is 0 Å². The number of nitrogens with two attached hydrogens (primary N) is 1. The minimum atomic E-state index is -0.918. The van der Waals surface area contributed by atoms with Crippen molar-refractivity contribution in [3.05, 3.63) is 0 Å². The van der Waals surface area contributed by atoms with E-state index in [1.807, 2.05) is 0 Å². The van der Waals surface area contributed by atoms with Crippen LogP contribution in [0.2, 0.25) is 0 Å². The molecule has 1 atom stereocenters. The SMILES string of the molecule is CCOC(=O)CC(N)C(=O)OCC.Cl. The summed E-state index contributed by atoms with van der Waals surface area (Å²) in [7, 11) is 0. The molecule has 2 N–H and O–H groups in total. The Morgan fingerprint density at radius 2 is 1.71 bits per heavy atom. The molecule has 0 aliphatic rings. The highest BCUT2D eigenvalue weighted by molar-refractivity contribution is 5.85. The first-order chi connectivity index (χ1) is 6.11. The highest BCUT2D eigenvalue weighted by atomic mass is 35.5. The van der Waals surface area contributed by atoms with Crippen LogP contribution in [-0.4, -0.2) is 31.2 Å². The minimum absolute atomic E-state index is 0. The van der Waals surface area contributed by atoms with Crippen LogP contribution in [0.25, 0.3) is 0 Å². The zero-order chi connectivity index (χ0) is 10.3. The van der Waals surface area contributed by atoms with Gasteiger partial charge in [0, 0.05) is 0 Å². The van der Waals surface area contributed by atoms with Crippen molar-refractivity contribution in [2.45, 2.75) is 26.3 Å². The Hall–Kier alpha value is -0.810. The van der Waals surface area contributed by atoms with Crippen LogP contribution in [0.3, 0.4) is 0 Å². The van der Waals surface area contributed by atoms with Gasteiger partial charge in [0.05, 0.1) is 19.6 Å². The van der Waals surface area contributed by atoms with Crippen molar-refractivity contribution >= 4 is 24.3 Å². The average Bonchev–Trinajstić information content (AvgIpc) is 2.05. The quantitative estimate of drug-likeness (QED) is 0.679. The van der Waals surface area contributed by atoms with Gasteiger partial charge in [-0.3, -0.25) is 9.59 Å². The second-order valence-corrected chi connectivity index (χ2v) is 2.37. The number of carbonyl (C=O) groups excluding carboxylic acids is 2. The fraction of sp³-hybridized carbons (Fsp3) is 0.750. The third-order valence-electron chi connectivity index (χ3n) is 1.28. The van der Waals surface area contributed by atoms with Gasteiger partial charge < -0.3 is 15.2 Å². The lowest BCUT2D eigenvalue weighted by Crippen LogP contribution is -2.35. The Kier molecular flexibility index (Phi) is 9.81. The van der Waals surface area contributed by atoms with E-state index in [0.29, 0.717) is 0 Å². The zero-order valence-corrected chi connectivity index (χ0v) is 9.13. The highest BCUT2D eigenvalue weighted by Crippen LogP contribution is 1.95. The molecule has 0 aliphatic carbocycles. The molecule has 0 saturated carbocycles. The van der Waals surface area contributed by atoms with E-state index in [0.717, 1.165) is 0 Å². The van der Waals surface area contributed by atoms with Crippen molar-refractivity contribution in [3.8, 4) is 0 Å². The molecule has 0 aromatic rings. The summed E-state index contributed by atoms with van der Waals surface area (Å²) in [5, 5.41) is 0. The van der Waals surface area contributed by atoms with Crippen LogP contribution in [0.1, 0.15) is 20.3 Å². The Labute approximate surface area is 89.3 Å². The van der Waals surface area contributed by atoms with Crippen molar-refractivity contribution in [1.82, 2.24) is 0 Å². The smallest absolute Gasteiger partial charge is 0.323 e. The van der Waals surface area contributed by atoms with E-state index in [1.165, 1.54) is 0 Å². The second kappa shape index (κ2) is 8.77. The van der Waals surface area contributed by atoms with Gasteiger partial charge in [0.2, 0.25) is 0 Å². The predicted molar refractivity (Wildman–Crippen MR) is 53.1 cm³/mol. The van der Waals surface area contributed by atoms with Crippen LogP contribution in [0, 0.1) is 0 Å². The van der Waals surface area contributed by atoms with Crippen molar-refractivity contribution in [3.63, 3.8) is 0 Å². The summed E-state index contributed by atoms with van der Waals surface area (Å²) in [5.41, 5.74) is 5.36. The van der Waals surface area contributed by atoms with E-state index >= 15 is 0 Å². The van der Waals surface area contributed by atoms with Crippen LogP contribution in [0.15, 0.2) is 0 Å². The molecular formula is C8H16ClNO4. The lowest BCUT2D eigenvalue weighted by Gasteiger charge is -2.09. The molecule has 0 bridgehead atoms. The first-order valence-corrected chi connectivity index (χ1v) is 4.19. The molecule has 0 aliphatic heterocycles. The molecule has 0 radical (unpaired) electrons. The molecule has 6 heteroatoms. The fourth-order valence-electron chi connectivity index (χ4n) is 0.732. The van der Waals surface area contributed by atoms with Crippen LogP contribution in [-0.2, 0) is 19.1 Å². The molecule has 0 amide bonds. The van der Waals surface area contributed by atoms with E-state index in [2.05, 4.69) is 9.47 Å². The third-order valence-corrected chi connectivity index (χ3v) is 1.28. The van der Waals surface area contributed by atoms with Gasteiger partial charge in [-0.2, -0.15) is 0 Å². The third kappa shape index (κ3) is 6.68. The molecule has 14 heavy (non-hydrogen) atoms. The standard InChI is InChI=1S/C8H15NO4.ClH/c1-3-12-7(10)5-6(9)8(11)13-4-2;/h6H,3-5,9H2,1-2H3;1H. The van der Waals surface area contributed by atoms with Crippen molar-refractivity contribution in [2.24, 2.45) is 5.73 Å². The monoisotopic (exact) mass is 225 g/mol. The Balaban J connectivity index is 0. The van der Waals surface area contributed by atoms with Gasteiger partial charge in [0.15, 0.2) is 0 Å². The lowest BCUT2D eigenvalue weighted by atomic mass is 10.2. The van der Waals surface area contributed by atoms with Gasteiger partial charge in [-0.1, -0.05) is 0 Å². The van der Waals surface area contributed by atoms with Crippen LogP contribution in [0.5, 0.6) is 0 Å². The zero-order valence-electron chi connectivity index (χ0n) is 8.32. The first kappa shape index (κ1) is 15.7. The molecule has 84 valence electrons. The summed E-state index contributed by atoms with van der Waals surface area (Å²) in [6.07, 6.45) is -0.132. The van der Waals surface area contributed by atoms with Gasteiger partial charge in [0.25, 0.3) is 0 Å². The number of hydrogen-bond donors (Lipinski definition) is 1. The Morgan fingerprint density at radius 3 is 2.14 bits per heavy atom. The van der Waals surface area contributed by atoms with E-state index in [-0.39, 0.29) is 32.0 Å². The van der Waals surface area contributed by atoms with Crippen molar-refractivity contribution < 1.29 is 19.1 Å². The fourth-order valence-corrected chi connectivity index (χ4v) is 0.732. The van der Waals surface area contributed by atoms with E-state index in [9.17, 15) is 9.59 Å². The normalized spacial score (nSPS) is 11.1. The highest BCUT2D eigenvalue weighted by Gasteiger charge is 2.18. The molecule has 0 saturated heterocycles. The summed E-state index contributed by atoms with van der Waals surface area (Å²) in [4.78, 5) is 21.8. The molecule has 0 fully saturated rings. The van der Waals surface area contributed by atoms with Gasteiger partial charge in [-0.15, -0.1) is 12.4 Å². The Bertz CT molecular complexity index is 186. The summed E-state index contributed by atoms with van der Waals surface area (Å²) >= 11 is 0. The molecule has 0 rings (SSSR count). The molecule has 5 nitrogen and oxygen atoms in total. The maximum atomic E-state index is 10.9. The van der Waals surface area contributed by atoms with Crippen LogP contribution < -0.4 is 5.73 Å². The molecule has 1 unspecified atom stereocenters. The lowest BCUT2D eigenvalue weighted by molar-refractivity contribution is -0.151. The van der Waals surface area contributed by atoms with Crippen molar-refractivity contribution in [2.75, 3.05) is 13.2 Å². The number of esters is 2. The summed E-state index contributed by atoms with van der Waals surface area (Å²) in [6, 6.07) is -0.918. The maximum Gasteiger partial charge on any atom is 0.323 e. The van der Waals surface area contributed by atoms with Crippen LogP contribution in [0.4, 0.5) is 0 Å². The summed E-state index contributed by atoms with van der Waals surface area (Å²) < 4.78 is 9.23. The van der Waals surface area contributed by atoms with Gasteiger partial charge in [0.1, 0.15) is 6.04 Å². The van der Waals surface area contributed by atoms with Gasteiger partial charge in [-0.25, -0.2) is 0 Å². The average molecular weight is 226 g/mol. The molecule has 0 aromatic heterocycles. The van der Waals surface area contributed by atoms with Gasteiger partial charge in [-0.05, 0) is 13.8 Å². The summed E-state index contributed by atoms with van der Waals surface area (Å²) in [6.45, 7) is 3.91. The Morgan fingerprint density at radius 1 is 1.21 bits per heavy atom. The second-order valence-electron chi connectivity index (χ2n) is 2.37. The van der Waals surface area contributed by atoms with E-state index in [4.69, 9.17) is 5.73 Å². The van der Waals surface area contributed by atoms with Gasteiger partial charge >= 0.3 is 11.9 Å². The predicted octanol–water partition coefficient (Wildman–Crippen LogP) is 0.252. The molecule has 0 aromatic carbocycles. The largest absolute Gasteiger partial charge is 0.466 e. The van der Waals surface area contributed by atoms with E-state index in [1.54, 1.807) is 13.8 Å². The number of halogens is 1. The molecular weight excluding hydrogens is 210 g/mol.